The smallest absolute Gasteiger partial charge is 0.335 e. The minimum atomic E-state index is -0.963. The van der Waals surface area contributed by atoms with Gasteiger partial charge in [0.1, 0.15) is 6.04 Å². The van der Waals surface area contributed by atoms with Gasteiger partial charge in [0.25, 0.3) is 0 Å². The van der Waals surface area contributed by atoms with E-state index in [1.807, 2.05) is 4.90 Å². The van der Waals surface area contributed by atoms with Gasteiger partial charge < -0.3 is 10.0 Å². The second-order valence-corrected chi connectivity index (χ2v) is 4.72. The van der Waals surface area contributed by atoms with Crippen LogP contribution in [0, 0.1) is 0 Å². The molecule has 1 saturated heterocycles. The third kappa shape index (κ3) is 1.85. The Hall–Kier alpha value is -2.37. The van der Waals surface area contributed by atoms with E-state index in [1.165, 1.54) is 6.07 Å². The average Bonchev–Trinajstić information content (AvgIpc) is 2.91. The molecule has 19 heavy (non-hydrogen) atoms. The van der Waals surface area contributed by atoms with E-state index in [9.17, 15) is 14.4 Å². The lowest BCUT2D eigenvalue weighted by molar-refractivity contribution is -0.125. The molecule has 2 N–H and O–H groups in total. The molecule has 1 atom stereocenters. The van der Waals surface area contributed by atoms with Crippen LogP contribution in [-0.4, -0.2) is 35.5 Å². The van der Waals surface area contributed by atoms with Gasteiger partial charge in [0.05, 0.1) is 12.0 Å². The first-order valence-electron chi connectivity index (χ1n) is 6.03. The monoisotopic (exact) mass is 260 g/mol. The number of carboxylic acid groups (broad SMARTS) is 1. The number of rotatable bonds is 2. The Morgan fingerprint density at radius 3 is 2.79 bits per heavy atom. The Balaban J connectivity index is 1.92. The van der Waals surface area contributed by atoms with Crippen LogP contribution in [0.15, 0.2) is 18.2 Å². The average molecular weight is 260 g/mol. The number of nitrogens with zero attached hydrogens (tertiary/aromatic N) is 1. The molecule has 2 aliphatic rings. The normalized spacial score (nSPS) is 21.5. The highest BCUT2D eigenvalue weighted by Crippen LogP contribution is 2.32. The zero-order valence-electron chi connectivity index (χ0n) is 10.0. The highest BCUT2D eigenvalue weighted by molar-refractivity contribution is 6.07. The standard InChI is InChI=1S/C13H12N2O4/c16-11-6-10(12(17)14-11)15-4-3-7-5-8(13(18)19)1-2-9(7)15/h1-2,5,10H,3-4,6H2,(H,18,19)(H,14,16,17). The van der Waals surface area contributed by atoms with Gasteiger partial charge in [-0.3, -0.25) is 14.9 Å². The molecule has 0 radical (unpaired) electrons. The minimum Gasteiger partial charge on any atom is -0.478 e. The number of hydrogen-bond donors (Lipinski definition) is 2. The number of amides is 2. The number of anilines is 1. The first-order chi connectivity index (χ1) is 9.06. The predicted octanol–water partition coefficient (Wildman–Crippen LogP) is 0.162. The van der Waals surface area contributed by atoms with Gasteiger partial charge in [0.15, 0.2) is 0 Å². The summed E-state index contributed by atoms with van der Waals surface area (Å²) in [5.41, 5.74) is 2.00. The number of carbonyl (C=O) groups excluding carboxylic acids is 2. The van der Waals surface area contributed by atoms with Crippen LogP contribution in [0.25, 0.3) is 0 Å². The SMILES string of the molecule is O=C1CC(N2CCc3cc(C(=O)O)ccc32)C(=O)N1. The summed E-state index contributed by atoms with van der Waals surface area (Å²) in [7, 11) is 0. The van der Waals surface area contributed by atoms with E-state index in [1.54, 1.807) is 12.1 Å². The maximum Gasteiger partial charge on any atom is 0.335 e. The van der Waals surface area contributed by atoms with Gasteiger partial charge in [-0.2, -0.15) is 0 Å². The van der Waals surface area contributed by atoms with E-state index in [-0.39, 0.29) is 23.8 Å². The molecule has 0 aliphatic carbocycles. The van der Waals surface area contributed by atoms with Gasteiger partial charge in [-0.05, 0) is 30.2 Å². The Morgan fingerprint density at radius 2 is 2.16 bits per heavy atom. The lowest BCUT2D eigenvalue weighted by Gasteiger charge is -2.24. The molecule has 6 heteroatoms. The van der Waals surface area contributed by atoms with E-state index in [4.69, 9.17) is 5.11 Å². The van der Waals surface area contributed by atoms with Crippen molar-refractivity contribution in [2.24, 2.45) is 0 Å². The summed E-state index contributed by atoms with van der Waals surface area (Å²) in [4.78, 5) is 35.7. The Morgan fingerprint density at radius 1 is 1.37 bits per heavy atom. The molecule has 1 unspecified atom stereocenters. The van der Waals surface area contributed by atoms with Gasteiger partial charge in [-0.15, -0.1) is 0 Å². The van der Waals surface area contributed by atoms with Crippen molar-refractivity contribution in [3.05, 3.63) is 29.3 Å². The molecule has 6 nitrogen and oxygen atoms in total. The molecule has 1 aromatic carbocycles. The fraction of sp³-hybridized carbons (Fsp3) is 0.308. The first kappa shape index (κ1) is 11.7. The van der Waals surface area contributed by atoms with E-state index in [2.05, 4.69) is 5.32 Å². The molecular formula is C13H12N2O4. The summed E-state index contributed by atoms with van der Waals surface area (Å²) in [6.07, 6.45) is 0.855. The first-order valence-corrected chi connectivity index (χ1v) is 6.03. The van der Waals surface area contributed by atoms with E-state index in [0.717, 1.165) is 11.3 Å². The molecule has 1 fully saturated rings. The highest BCUT2D eigenvalue weighted by atomic mass is 16.4. The van der Waals surface area contributed by atoms with Gasteiger partial charge in [0.2, 0.25) is 11.8 Å². The van der Waals surface area contributed by atoms with Crippen LogP contribution in [0.4, 0.5) is 5.69 Å². The quantitative estimate of drug-likeness (QED) is 0.740. The van der Waals surface area contributed by atoms with E-state index >= 15 is 0 Å². The van der Waals surface area contributed by atoms with Crippen molar-refractivity contribution in [1.29, 1.82) is 0 Å². The van der Waals surface area contributed by atoms with Crippen molar-refractivity contribution in [3.63, 3.8) is 0 Å². The number of nitrogens with one attached hydrogen (secondary N) is 1. The number of imide groups is 1. The molecule has 1 aromatic rings. The summed E-state index contributed by atoms with van der Waals surface area (Å²) in [6.45, 7) is 0.629. The molecular weight excluding hydrogens is 248 g/mol. The van der Waals surface area contributed by atoms with Crippen LogP contribution >= 0.6 is 0 Å². The number of carbonyl (C=O) groups is 3. The van der Waals surface area contributed by atoms with Gasteiger partial charge in [0, 0.05) is 12.2 Å². The molecule has 0 spiro atoms. The third-order valence-corrected chi connectivity index (χ3v) is 3.58. The molecule has 2 amide bonds. The summed E-state index contributed by atoms with van der Waals surface area (Å²) in [5, 5.41) is 11.2. The highest BCUT2D eigenvalue weighted by Gasteiger charge is 2.38. The van der Waals surface area contributed by atoms with Crippen molar-refractivity contribution < 1.29 is 19.5 Å². The van der Waals surface area contributed by atoms with Crippen LogP contribution in [0.1, 0.15) is 22.3 Å². The lowest BCUT2D eigenvalue weighted by atomic mass is 10.1. The maximum atomic E-state index is 11.7. The molecule has 2 aliphatic heterocycles. The topological polar surface area (TPSA) is 86.7 Å². The molecule has 98 valence electrons. The Bertz CT molecular complexity index is 596. The van der Waals surface area contributed by atoms with Crippen LogP contribution in [0.3, 0.4) is 0 Å². The molecule has 0 saturated carbocycles. The van der Waals surface area contributed by atoms with Crippen LogP contribution < -0.4 is 10.2 Å². The van der Waals surface area contributed by atoms with Crippen molar-refractivity contribution in [3.8, 4) is 0 Å². The van der Waals surface area contributed by atoms with Crippen LogP contribution in [-0.2, 0) is 16.0 Å². The van der Waals surface area contributed by atoms with Crippen molar-refractivity contribution >= 4 is 23.5 Å². The van der Waals surface area contributed by atoms with Crippen molar-refractivity contribution in [2.45, 2.75) is 18.9 Å². The Kier molecular flexibility index (Phi) is 2.51. The molecule has 0 bridgehead atoms. The van der Waals surface area contributed by atoms with Gasteiger partial charge in [-0.1, -0.05) is 0 Å². The predicted molar refractivity (Wildman–Crippen MR) is 66.0 cm³/mol. The molecule has 0 aromatic heterocycles. The summed E-state index contributed by atoms with van der Waals surface area (Å²) in [5.74, 6) is -1.50. The van der Waals surface area contributed by atoms with E-state index < -0.39 is 12.0 Å². The lowest BCUT2D eigenvalue weighted by Crippen LogP contribution is -2.39. The third-order valence-electron chi connectivity index (χ3n) is 3.58. The zero-order valence-corrected chi connectivity index (χ0v) is 10.0. The summed E-state index contributed by atoms with van der Waals surface area (Å²) < 4.78 is 0. The zero-order chi connectivity index (χ0) is 13.6. The summed E-state index contributed by atoms with van der Waals surface area (Å²) >= 11 is 0. The van der Waals surface area contributed by atoms with Crippen molar-refractivity contribution in [1.82, 2.24) is 5.32 Å². The fourth-order valence-corrected chi connectivity index (χ4v) is 2.68. The Labute approximate surface area is 109 Å². The number of aromatic carboxylic acids is 1. The summed E-state index contributed by atoms with van der Waals surface area (Å²) in [6, 6.07) is 4.40. The largest absolute Gasteiger partial charge is 0.478 e. The van der Waals surface area contributed by atoms with Crippen LogP contribution in [0.5, 0.6) is 0 Å². The molecule has 2 heterocycles. The van der Waals surface area contributed by atoms with Crippen LogP contribution in [0.2, 0.25) is 0 Å². The number of fused-ring (bicyclic) bond motifs is 1. The number of hydrogen-bond acceptors (Lipinski definition) is 4. The fourth-order valence-electron chi connectivity index (χ4n) is 2.68. The second-order valence-electron chi connectivity index (χ2n) is 4.72. The van der Waals surface area contributed by atoms with E-state index in [0.29, 0.717) is 13.0 Å². The van der Waals surface area contributed by atoms with Gasteiger partial charge >= 0.3 is 5.97 Å². The molecule has 3 rings (SSSR count). The number of benzene rings is 1. The second kappa shape index (κ2) is 4.08. The minimum absolute atomic E-state index is 0.166. The van der Waals surface area contributed by atoms with Gasteiger partial charge in [-0.25, -0.2) is 4.79 Å². The van der Waals surface area contributed by atoms with Crippen molar-refractivity contribution in [2.75, 3.05) is 11.4 Å². The maximum absolute atomic E-state index is 11.7. The number of carboxylic acids is 1.